The van der Waals surface area contributed by atoms with Crippen LogP contribution in [0.15, 0.2) is 18.3 Å². The van der Waals surface area contributed by atoms with E-state index >= 15 is 0 Å². The van der Waals surface area contributed by atoms with Crippen LogP contribution in [0.4, 0.5) is 10.2 Å². The second kappa shape index (κ2) is 7.67. The minimum absolute atomic E-state index is 0.252. The number of nitrogens with zero attached hydrogens (tertiary/aromatic N) is 6. The lowest BCUT2D eigenvalue weighted by molar-refractivity contribution is 0.0326. The summed E-state index contributed by atoms with van der Waals surface area (Å²) >= 11 is 0. The minimum Gasteiger partial charge on any atom is -0.379 e. The molecule has 26 heavy (non-hydrogen) atoms. The highest BCUT2D eigenvalue weighted by molar-refractivity contribution is 5.40. The molecule has 0 atom stereocenters. The molecular formula is C18H25FN6O. The molecule has 0 amide bonds. The lowest BCUT2D eigenvalue weighted by Gasteiger charge is -2.32. The third kappa shape index (κ3) is 3.57. The van der Waals surface area contributed by atoms with Crippen LogP contribution in [0.5, 0.6) is 0 Å². The van der Waals surface area contributed by atoms with Crippen LogP contribution in [-0.4, -0.2) is 64.0 Å². The van der Waals surface area contributed by atoms with E-state index in [2.05, 4.69) is 31.7 Å². The van der Waals surface area contributed by atoms with Crippen LogP contribution in [0.25, 0.3) is 0 Å². The number of ether oxygens (including phenoxy) is 1. The SMILES string of the molecule is Cn1c(CN2CCOCC2)nnc1C1CCN(c2ncccc2F)CC1. The zero-order chi connectivity index (χ0) is 17.9. The Kier molecular flexibility index (Phi) is 5.12. The second-order valence-electron chi connectivity index (χ2n) is 6.99. The van der Waals surface area contributed by atoms with Crippen LogP contribution in [-0.2, 0) is 18.3 Å². The zero-order valence-corrected chi connectivity index (χ0v) is 15.1. The maximum Gasteiger partial charge on any atom is 0.165 e. The third-order valence-corrected chi connectivity index (χ3v) is 5.37. The van der Waals surface area contributed by atoms with Gasteiger partial charge in [0.25, 0.3) is 0 Å². The first-order valence-electron chi connectivity index (χ1n) is 9.26. The molecule has 2 aliphatic heterocycles. The lowest BCUT2D eigenvalue weighted by Crippen LogP contribution is -2.36. The molecule has 0 unspecified atom stereocenters. The van der Waals surface area contributed by atoms with Crippen molar-refractivity contribution < 1.29 is 9.13 Å². The van der Waals surface area contributed by atoms with Crippen molar-refractivity contribution in [3.63, 3.8) is 0 Å². The Morgan fingerprint density at radius 3 is 2.65 bits per heavy atom. The number of hydrogen-bond donors (Lipinski definition) is 0. The Labute approximate surface area is 152 Å². The van der Waals surface area contributed by atoms with E-state index in [0.717, 1.165) is 70.4 Å². The molecule has 0 radical (unpaired) electrons. The van der Waals surface area contributed by atoms with E-state index in [0.29, 0.717) is 11.7 Å². The molecule has 2 aromatic heterocycles. The van der Waals surface area contributed by atoms with E-state index in [1.165, 1.54) is 6.07 Å². The molecule has 140 valence electrons. The standard InChI is InChI=1S/C18H25FN6O/c1-23-16(13-24-9-11-26-12-10-24)21-22-17(23)14-4-7-25(8-5-14)18-15(19)3-2-6-20-18/h2-3,6,14H,4-5,7-13H2,1H3. The van der Waals surface area contributed by atoms with Gasteiger partial charge in [0.2, 0.25) is 0 Å². The van der Waals surface area contributed by atoms with Crippen LogP contribution in [0, 0.1) is 5.82 Å². The van der Waals surface area contributed by atoms with Gasteiger partial charge >= 0.3 is 0 Å². The van der Waals surface area contributed by atoms with Gasteiger partial charge in [-0.15, -0.1) is 10.2 Å². The van der Waals surface area contributed by atoms with Gasteiger partial charge < -0.3 is 14.2 Å². The summed E-state index contributed by atoms with van der Waals surface area (Å²) in [4.78, 5) is 8.56. The van der Waals surface area contributed by atoms with Crippen LogP contribution < -0.4 is 4.90 Å². The van der Waals surface area contributed by atoms with Crippen LogP contribution in [0.1, 0.15) is 30.4 Å². The summed E-state index contributed by atoms with van der Waals surface area (Å²) in [6.45, 7) is 5.83. The topological polar surface area (TPSA) is 59.3 Å². The van der Waals surface area contributed by atoms with Crippen molar-refractivity contribution in [1.82, 2.24) is 24.6 Å². The number of pyridine rings is 1. The van der Waals surface area contributed by atoms with Crippen molar-refractivity contribution in [2.24, 2.45) is 7.05 Å². The number of morpholine rings is 1. The van der Waals surface area contributed by atoms with Gasteiger partial charge in [-0.25, -0.2) is 9.37 Å². The Hall–Kier alpha value is -2.06. The number of piperidine rings is 1. The summed E-state index contributed by atoms with van der Waals surface area (Å²) in [5.41, 5.74) is 0. The summed E-state index contributed by atoms with van der Waals surface area (Å²) in [6, 6.07) is 3.09. The Morgan fingerprint density at radius 2 is 1.92 bits per heavy atom. The maximum absolute atomic E-state index is 13.9. The fourth-order valence-electron chi connectivity index (χ4n) is 3.79. The maximum atomic E-state index is 13.9. The van der Waals surface area contributed by atoms with Crippen LogP contribution in [0.2, 0.25) is 0 Å². The average Bonchev–Trinajstić information content (AvgIpc) is 3.04. The van der Waals surface area contributed by atoms with Gasteiger partial charge in [-0.3, -0.25) is 4.90 Å². The predicted octanol–water partition coefficient (Wildman–Crippen LogP) is 1.57. The fraction of sp³-hybridized carbons (Fsp3) is 0.611. The summed E-state index contributed by atoms with van der Waals surface area (Å²) in [7, 11) is 2.05. The highest BCUT2D eigenvalue weighted by atomic mass is 19.1. The number of aromatic nitrogens is 4. The Balaban J connectivity index is 1.39. The fourth-order valence-corrected chi connectivity index (χ4v) is 3.79. The van der Waals surface area contributed by atoms with E-state index in [4.69, 9.17) is 4.74 Å². The minimum atomic E-state index is -0.252. The molecule has 0 saturated carbocycles. The molecule has 2 aliphatic rings. The van der Waals surface area contributed by atoms with E-state index in [-0.39, 0.29) is 5.82 Å². The molecule has 4 rings (SSSR count). The van der Waals surface area contributed by atoms with E-state index in [9.17, 15) is 4.39 Å². The molecule has 8 heteroatoms. The monoisotopic (exact) mass is 360 g/mol. The number of anilines is 1. The predicted molar refractivity (Wildman–Crippen MR) is 95.5 cm³/mol. The molecule has 0 spiro atoms. The van der Waals surface area contributed by atoms with Gasteiger partial charge in [-0.05, 0) is 25.0 Å². The number of rotatable bonds is 4. The van der Waals surface area contributed by atoms with Gasteiger partial charge in [-0.1, -0.05) is 0 Å². The molecule has 2 aromatic rings. The van der Waals surface area contributed by atoms with Crippen molar-refractivity contribution in [3.8, 4) is 0 Å². The van der Waals surface area contributed by atoms with E-state index in [1.54, 1.807) is 12.3 Å². The van der Waals surface area contributed by atoms with Gasteiger partial charge in [0, 0.05) is 45.3 Å². The van der Waals surface area contributed by atoms with Gasteiger partial charge in [0.1, 0.15) is 11.6 Å². The molecule has 4 heterocycles. The third-order valence-electron chi connectivity index (χ3n) is 5.37. The Morgan fingerprint density at radius 1 is 1.15 bits per heavy atom. The molecule has 0 bridgehead atoms. The highest BCUT2D eigenvalue weighted by Crippen LogP contribution is 2.29. The first kappa shape index (κ1) is 17.4. The van der Waals surface area contributed by atoms with Gasteiger partial charge in [-0.2, -0.15) is 0 Å². The van der Waals surface area contributed by atoms with Crippen molar-refractivity contribution in [2.75, 3.05) is 44.3 Å². The van der Waals surface area contributed by atoms with Crippen molar-refractivity contribution in [2.45, 2.75) is 25.3 Å². The zero-order valence-electron chi connectivity index (χ0n) is 15.1. The first-order valence-corrected chi connectivity index (χ1v) is 9.26. The smallest absolute Gasteiger partial charge is 0.165 e. The lowest BCUT2D eigenvalue weighted by atomic mass is 9.96. The largest absolute Gasteiger partial charge is 0.379 e. The van der Waals surface area contributed by atoms with Crippen molar-refractivity contribution >= 4 is 5.82 Å². The molecule has 0 aliphatic carbocycles. The molecule has 0 aromatic carbocycles. The average molecular weight is 360 g/mol. The van der Waals surface area contributed by atoms with Crippen LogP contribution in [0.3, 0.4) is 0 Å². The van der Waals surface area contributed by atoms with Gasteiger partial charge in [0.05, 0.1) is 19.8 Å². The second-order valence-corrected chi connectivity index (χ2v) is 6.99. The Bertz CT molecular complexity index is 737. The summed E-state index contributed by atoms with van der Waals surface area (Å²) in [5, 5.41) is 8.89. The highest BCUT2D eigenvalue weighted by Gasteiger charge is 2.27. The van der Waals surface area contributed by atoms with Crippen molar-refractivity contribution in [3.05, 3.63) is 35.8 Å². The van der Waals surface area contributed by atoms with Gasteiger partial charge in [0.15, 0.2) is 11.6 Å². The van der Waals surface area contributed by atoms with E-state index in [1.807, 2.05) is 4.90 Å². The number of hydrogen-bond acceptors (Lipinski definition) is 6. The summed E-state index contributed by atoms with van der Waals surface area (Å²) < 4.78 is 21.5. The molecule has 2 saturated heterocycles. The van der Waals surface area contributed by atoms with E-state index < -0.39 is 0 Å². The summed E-state index contributed by atoms with van der Waals surface area (Å²) in [5.74, 6) is 2.60. The number of halogens is 1. The quantitative estimate of drug-likeness (QED) is 0.825. The molecule has 0 N–H and O–H groups in total. The summed E-state index contributed by atoms with van der Waals surface area (Å²) in [6.07, 6.45) is 3.50. The molecule has 2 fully saturated rings. The van der Waals surface area contributed by atoms with Crippen molar-refractivity contribution in [1.29, 1.82) is 0 Å². The normalized spacial score (nSPS) is 19.8. The van der Waals surface area contributed by atoms with Crippen LogP contribution >= 0.6 is 0 Å². The molecule has 7 nitrogen and oxygen atoms in total. The molecular weight excluding hydrogens is 335 g/mol. The first-order chi connectivity index (χ1) is 12.7.